The van der Waals surface area contributed by atoms with E-state index in [1.807, 2.05) is 19.1 Å². The van der Waals surface area contributed by atoms with E-state index in [0.29, 0.717) is 17.3 Å². The molecule has 0 amide bonds. The molecule has 0 unspecified atom stereocenters. The van der Waals surface area contributed by atoms with Crippen molar-refractivity contribution in [3.63, 3.8) is 0 Å². The van der Waals surface area contributed by atoms with Gasteiger partial charge < -0.3 is 5.32 Å². The first-order valence-electron chi connectivity index (χ1n) is 6.16. The Balaban J connectivity index is 2.33. The normalized spacial score (nSPS) is 10.6. The van der Waals surface area contributed by atoms with Crippen molar-refractivity contribution in [1.82, 2.24) is 9.13 Å². The standard InChI is InChI=1S/C14H16ClN3O2/c1-9-5-4-6-11(15)13(9)16-8-10-7-12(19)18(3)14(20)17(10)2/h4-7,16H,8H2,1-3H3. The summed E-state index contributed by atoms with van der Waals surface area (Å²) < 4.78 is 2.52. The summed E-state index contributed by atoms with van der Waals surface area (Å²) in [5.41, 5.74) is 1.76. The average Bonchev–Trinajstić information content (AvgIpc) is 2.41. The van der Waals surface area contributed by atoms with Crippen LogP contribution in [-0.2, 0) is 20.6 Å². The Morgan fingerprint density at radius 1 is 1.20 bits per heavy atom. The van der Waals surface area contributed by atoms with E-state index < -0.39 is 0 Å². The molecule has 5 nitrogen and oxygen atoms in total. The SMILES string of the molecule is Cc1cccc(Cl)c1NCc1cc(=O)n(C)c(=O)n1C. The Morgan fingerprint density at radius 3 is 2.55 bits per heavy atom. The summed E-state index contributed by atoms with van der Waals surface area (Å²) >= 11 is 6.13. The number of hydrogen-bond acceptors (Lipinski definition) is 3. The van der Waals surface area contributed by atoms with Gasteiger partial charge in [0.15, 0.2) is 0 Å². The summed E-state index contributed by atoms with van der Waals surface area (Å²) in [6.07, 6.45) is 0. The fraction of sp³-hybridized carbons (Fsp3) is 0.286. The maximum absolute atomic E-state index is 11.8. The van der Waals surface area contributed by atoms with Gasteiger partial charge in [-0.05, 0) is 18.6 Å². The van der Waals surface area contributed by atoms with E-state index in [1.54, 1.807) is 13.1 Å². The van der Waals surface area contributed by atoms with Crippen LogP contribution in [0.4, 0.5) is 5.69 Å². The van der Waals surface area contributed by atoms with Crippen molar-refractivity contribution < 1.29 is 0 Å². The molecule has 0 saturated carbocycles. The third-order valence-corrected chi connectivity index (χ3v) is 3.61. The van der Waals surface area contributed by atoms with E-state index in [-0.39, 0.29) is 11.2 Å². The molecule has 0 radical (unpaired) electrons. The van der Waals surface area contributed by atoms with Gasteiger partial charge in [-0.1, -0.05) is 23.7 Å². The summed E-state index contributed by atoms with van der Waals surface area (Å²) in [5.74, 6) is 0. The molecule has 0 fully saturated rings. The molecule has 0 aliphatic heterocycles. The van der Waals surface area contributed by atoms with E-state index in [0.717, 1.165) is 15.8 Å². The maximum Gasteiger partial charge on any atom is 0.330 e. The number of nitrogens with one attached hydrogen (secondary N) is 1. The van der Waals surface area contributed by atoms with Crippen molar-refractivity contribution in [2.24, 2.45) is 14.1 Å². The fourth-order valence-electron chi connectivity index (χ4n) is 1.98. The van der Waals surface area contributed by atoms with Crippen LogP contribution in [0, 0.1) is 6.92 Å². The van der Waals surface area contributed by atoms with Crippen LogP contribution in [0.2, 0.25) is 5.02 Å². The number of aromatic nitrogens is 2. The predicted octanol–water partition coefficient (Wildman–Crippen LogP) is 1.66. The lowest BCUT2D eigenvalue weighted by Crippen LogP contribution is -2.38. The molecule has 20 heavy (non-hydrogen) atoms. The maximum atomic E-state index is 11.8. The molecule has 0 bridgehead atoms. The predicted molar refractivity (Wildman–Crippen MR) is 80.4 cm³/mol. The molecule has 2 rings (SSSR count). The lowest BCUT2D eigenvalue weighted by atomic mass is 10.2. The van der Waals surface area contributed by atoms with Gasteiger partial charge in [-0.15, -0.1) is 0 Å². The number of anilines is 1. The summed E-state index contributed by atoms with van der Waals surface area (Å²) in [6.45, 7) is 2.30. The van der Waals surface area contributed by atoms with Gasteiger partial charge in [-0.25, -0.2) is 4.79 Å². The molecule has 2 aromatic rings. The first-order chi connectivity index (χ1) is 9.41. The Hall–Kier alpha value is -2.01. The Kier molecular flexibility index (Phi) is 3.99. The zero-order chi connectivity index (χ0) is 14.9. The molecule has 1 aromatic heterocycles. The summed E-state index contributed by atoms with van der Waals surface area (Å²) in [6, 6.07) is 7.05. The number of nitrogens with zero attached hydrogens (tertiary/aromatic N) is 2. The molecule has 0 aliphatic carbocycles. The third kappa shape index (κ3) is 2.63. The van der Waals surface area contributed by atoms with E-state index in [4.69, 9.17) is 11.6 Å². The van der Waals surface area contributed by atoms with Gasteiger partial charge in [0.2, 0.25) is 0 Å². The molecule has 0 aliphatic rings. The first kappa shape index (κ1) is 14.4. The summed E-state index contributed by atoms with van der Waals surface area (Å²) in [7, 11) is 3.10. The van der Waals surface area contributed by atoms with Crippen LogP contribution in [0.3, 0.4) is 0 Å². The van der Waals surface area contributed by atoms with Crippen molar-refractivity contribution in [2.45, 2.75) is 13.5 Å². The van der Waals surface area contributed by atoms with E-state index in [9.17, 15) is 9.59 Å². The Bertz CT molecular complexity index is 742. The van der Waals surface area contributed by atoms with Gasteiger partial charge in [-0.3, -0.25) is 13.9 Å². The van der Waals surface area contributed by atoms with E-state index in [2.05, 4.69) is 5.32 Å². The highest BCUT2D eigenvalue weighted by atomic mass is 35.5. The molecule has 1 N–H and O–H groups in total. The lowest BCUT2D eigenvalue weighted by Gasteiger charge is -2.14. The quantitative estimate of drug-likeness (QED) is 0.936. The van der Waals surface area contributed by atoms with Crippen molar-refractivity contribution >= 4 is 17.3 Å². The average molecular weight is 294 g/mol. The molecule has 6 heteroatoms. The van der Waals surface area contributed by atoms with Crippen molar-refractivity contribution in [1.29, 1.82) is 0 Å². The molecule has 1 heterocycles. The molecule has 106 valence electrons. The van der Waals surface area contributed by atoms with Crippen LogP contribution >= 0.6 is 11.6 Å². The lowest BCUT2D eigenvalue weighted by molar-refractivity contribution is 0.655. The number of benzene rings is 1. The van der Waals surface area contributed by atoms with Gasteiger partial charge in [0, 0.05) is 25.9 Å². The Labute approximate surface area is 121 Å². The largest absolute Gasteiger partial charge is 0.378 e. The van der Waals surface area contributed by atoms with Gasteiger partial charge in [0.05, 0.1) is 17.3 Å². The molecule has 0 spiro atoms. The minimum atomic E-state index is -0.342. The third-order valence-electron chi connectivity index (χ3n) is 3.29. The van der Waals surface area contributed by atoms with Crippen molar-refractivity contribution in [3.8, 4) is 0 Å². The van der Waals surface area contributed by atoms with Crippen LogP contribution < -0.4 is 16.6 Å². The number of aryl methyl sites for hydroxylation is 1. The minimum absolute atomic E-state index is 0.319. The smallest absolute Gasteiger partial charge is 0.330 e. The highest BCUT2D eigenvalue weighted by Crippen LogP contribution is 2.25. The molecular weight excluding hydrogens is 278 g/mol. The van der Waals surface area contributed by atoms with Crippen LogP contribution in [0.15, 0.2) is 33.9 Å². The number of halogens is 1. The fourth-order valence-corrected chi connectivity index (χ4v) is 2.27. The number of rotatable bonds is 3. The first-order valence-corrected chi connectivity index (χ1v) is 6.54. The van der Waals surface area contributed by atoms with Crippen molar-refractivity contribution in [2.75, 3.05) is 5.32 Å². The highest BCUT2D eigenvalue weighted by molar-refractivity contribution is 6.33. The molecule has 1 aromatic carbocycles. The van der Waals surface area contributed by atoms with Crippen LogP contribution in [0.1, 0.15) is 11.3 Å². The van der Waals surface area contributed by atoms with Gasteiger partial charge in [0.25, 0.3) is 5.56 Å². The van der Waals surface area contributed by atoms with Crippen LogP contribution in [0.25, 0.3) is 0 Å². The second-order valence-corrected chi connectivity index (χ2v) is 5.07. The summed E-state index contributed by atoms with van der Waals surface area (Å²) in [5, 5.41) is 3.78. The van der Waals surface area contributed by atoms with Gasteiger partial charge in [-0.2, -0.15) is 0 Å². The monoisotopic (exact) mass is 293 g/mol. The second-order valence-electron chi connectivity index (χ2n) is 4.66. The molecular formula is C14H16ClN3O2. The summed E-state index contributed by atoms with van der Waals surface area (Å²) in [4.78, 5) is 23.5. The zero-order valence-corrected chi connectivity index (χ0v) is 12.4. The molecule has 0 atom stereocenters. The Morgan fingerprint density at radius 2 is 1.90 bits per heavy atom. The zero-order valence-electron chi connectivity index (χ0n) is 11.6. The minimum Gasteiger partial charge on any atom is -0.378 e. The highest BCUT2D eigenvalue weighted by Gasteiger charge is 2.08. The van der Waals surface area contributed by atoms with Gasteiger partial charge >= 0.3 is 5.69 Å². The van der Waals surface area contributed by atoms with Crippen molar-refractivity contribution in [3.05, 3.63) is 61.4 Å². The van der Waals surface area contributed by atoms with Crippen LogP contribution in [-0.4, -0.2) is 9.13 Å². The molecule has 0 saturated heterocycles. The number of para-hydroxylation sites is 1. The second kappa shape index (κ2) is 5.54. The van der Waals surface area contributed by atoms with E-state index >= 15 is 0 Å². The van der Waals surface area contributed by atoms with Gasteiger partial charge in [0.1, 0.15) is 0 Å². The van der Waals surface area contributed by atoms with E-state index in [1.165, 1.54) is 17.7 Å². The van der Waals surface area contributed by atoms with Crippen LogP contribution in [0.5, 0.6) is 0 Å². The topological polar surface area (TPSA) is 56.0 Å². The number of hydrogen-bond donors (Lipinski definition) is 1.